The third-order valence-corrected chi connectivity index (χ3v) is 8.13. The zero-order valence-electron chi connectivity index (χ0n) is 13.3. The molecule has 0 spiro atoms. The van der Waals surface area contributed by atoms with E-state index in [0.29, 0.717) is 0 Å². The zero-order valence-corrected chi connectivity index (χ0v) is 14.9. The average molecular weight is 331 g/mol. The minimum absolute atomic E-state index is 0.0619. The first-order valence-electron chi connectivity index (χ1n) is 7.71. The van der Waals surface area contributed by atoms with Gasteiger partial charge in [0.15, 0.2) is 0 Å². The summed E-state index contributed by atoms with van der Waals surface area (Å²) in [4.78, 5) is 0. The molecule has 0 aliphatic carbocycles. The van der Waals surface area contributed by atoms with Crippen molar-refractivity contribution in [3.8, 4) is 0 Å². The Morgan fingerprint density at radius 2 is 1.36 bits per heavy atom. The van der Waals surface area contributed by atoms with Crippen LogP contribution in [0.15, 0.2) is 60.7 Å². The van der Waals surface area contributed by atoms with Crippen LogP contribution in [0, 0.1) is 0 Å². The first-order chi connectivity index (χ1) is 10.6. The summed E-state index contributed by atoms with van der Waals surface area (Å²) in [7, 11) is 3.88. The number of rotatable bonds is 4. The summed E-state index contributed by atoms with van der Waals surface area (Å²) in [5, 5.41) is 0. The van der Waals surface area contributed by atoms with E-state index in [1.807, 2.05) is 21.6 Å². The Balaban J connectivity index is 2.20. The molecular weight excluding hydrogens is 308 g/mol. The molecule has 0 aromatic heterocycles. The highest BCUT2D eigenvalue weighted by molar-refractivity contribution is 8.78. The molecule has 1 atom stereocenters. The van der Waals surface area contributed by atoms with Gasteiger partial charge in [-0.2, -0.15) is 0 Å². The first kappa shape index (κ1) is 16.0. The van der Waals surface area contributed by atoms with Gasteiger partial charge in [-0.15, -0.1) is 0 Å². The van der Waals surface area contributed by atoms with Crippen LogP contribution in [-0.4, -0.2) is 17.5 Å². The SMILES string of the molecule is CCOC1C(C)(C)SSC1(c1ccccc1)c1ccccc1. The van der Waals surface area contributed by atoms with Crippen molar-refractivity contribution >= 4 is 21.6 Å². The van der Waals surface area contributed by atoms with Crippen molar-refractivity contribution in [2.45, 2.75) is 36.4 Å². The maximum Gasteiger partial charge on any atom is 0.104 e. The molecule has 22 heavy (non-hydrogen) atoms. The van der Waals surface area contributed by atoms with Gasteiger partial charge in [-0.05, 0) is 31.9 Å². The molecule has 3 rings (SSSR count). The highest BCUT2D eigenvalue weighted by Crippen LogP contribution is 2.65. The van der Waals surface area contributed by atoms with Crippen LogP contribution in [0.25, 0.3) is 0 Å². The van der Waals surface area contributed by atoms with Crippen molar-refractivity contribution in [1.82, 2.24) is 0 Å². The molecule has 1 heterocycles. The normalized spacial score (nSPS) is 22.6. The Labute approximate surface area is 141 Å². The van der Waals surface area contributed by atoms with Crippen LogP contribution in [0.5, 0.6) is 0 Å². The van der Waals surface area contributed by atoms with Crippen molar-refractivity contribution in [2.24, 2.45) is 0 Å². The summed E-state index contributed by atoms with van der Waals surface area (Å²) >= 11 is 0. The summed E-state index contributed by atoms with van der Waals surface area (Å²) in [6.45, 7) is 7.40. The van der Waals surface area contributed by atoms with Gasteiger partial charge < -0.3 is 4.74 Å². The van der Waals surface area contributed by atoms with E-state index in [4.69, 9.17) is 4.74 Å². The lowest BCUT2D eigenvalue weighted by Gasteiger charge is -2.38. The summed E-state index contributed by atoms with van der Waals surface area (Å²) in [5.74, 6) is 0. The van der Waals surface area contributed by atoms with Crippen LogP contribution in [0.3, 0.4) is 0 Å². The number of ether oxygens (including phenoxy) is 1. The molecule has 0 N–H and O–H groups in total. The molecule has 0 bridgehead atoms. The summed E-state index contributed by atoms with van der Waals surface area (Å²) in [6, 6.07) is 21.6. The predicted octanol–water partition coefficient (Wildman–Crippen LogP) is 5.51. The molecule has 0 saturated carbocycles. The zero-order chi connectivity index (χ0) is 15.6. The molecule has 1 fully saturated rings. The van der Waals surface area contributed by atoms with Crippen LogP contribution in [-0.2, 0) is 9.48 Å². The van der Waals surface area contributed by atoms with Gasteiger partial charge in [-0.1, -0.05) is 82.3 Å². The maximum atomic E-state index is 6.30. The van der Waals surface area contributed by atoms with Gasteiger partial charge in [-0.25, -0.2) is 0 Å². The fourth-order valence-electron chi connectivity index (χ4n) is 3.17. The van der Waals surface area contributed by atoms with E-state index < -0.39 is 0 Å². The maximum absolute atomic E-state index is 6.30. The van der Waals surface area contributed by atoms with Gasteiger partial charge in [0.2, 0.25) is 0 Å². The van der Waals surface area contributed by atoms with Crippen molar-refractivity contribution in [3.63, 3.8) is 0 Å². The Morgan fingerprint density at radius 3 is 1.82 bits per heavy atom. The summed E-state index contributed by atoms with van der Waals surface area (Å²) < 4.78 is 6.20. The van der Waals surface area contributed by atoms with Crippen molar-refractivity contribution < 1.29 is 4.74 Å². The van der Waals surface area contributed by atoms with Crippen molar-refractivity contribution in [3.05, 3.63) is 71.8 Å². The highest BCUT2D eigenvalue weighted by atomic mass is 33.1. The van der Waals surface area contributed by atoms with Crippen LogP contribution >= 0.6 is 21.6 Å². The Kier molecular flexibility index (Phi) is 4.58. The number of hydrogen-bond donors (Lipinski definition) is 0. The Hall–Kier alpha value is -0.900. The molecular formula is C19H22OS2. The van der Waals surface area contributed by atoms with E-state index in [1.54, 1.807) is 0 Å². The van der Waals surface area contributed by atoms with Crippen LogP contribution in [0.2, 0.25) is 0 Å². The third-order valence-electron chi connectivity index (χ3n) is 4.13. The second-order valence-electron chi connectivity index (χ2n) is 6.07. The number of hydrogen-bond acceptors (Lipinski definition) is 3. The Morgan fingerprint density at radius 1 is 0.864 bits per heavy atom. The van der Waals surface area contributed by atoms with Gasteiger partial charge in [-0.3, -0.25) is 0 Å². The van der Waals surface area contributed by atoms with Crippen LogP contribution in [0.1, 0.15) is 31.9 Å². The molecule has 3 heteroatoms. The van der Waals surface area contributed by atoms with Gasteiger partial charge >= 0.3 is 0 Å². The van der Waals surface area contributed by atoms with Crippen molar-refractivity contribution in [1.29, 1.82) is 0 Å². The second-order valence-corrected chi connectivity index (χ2v) is 9.10. The Bertz CT molecular complexity index is 570. The molecule has 2 aromatic rings. The minimum atomic E-state index is -0.160. The molecule has 0 radical (unpaired) electrons. The van der Waals surface area contributed by atoms with Gasteiger partial charge in [0.1, 0.15) is 4.75 Å². The van der Waals surface area contributed by atoms with Crippen molar-refractivity contribution in [2.75, 3.05) is 6.61 Å². The third kappa shape index (κ3) is 2.60. The van der Waals surface area contributed by atoms with Gasteiger partial charge in [0, 0.05) is 11.4 Å². The standard InChI is InChI=1S/C19H22OS2/c1-4-20-17-18(2,3)21-22-19(17,15-11-7-5-8-12-15)16-13-9-6-10-14-16/h5-14,17H,4H2,1-3H3. The molecule has 116 valence electrons. The molecule has 1 nitrogen and oxygen atoms in total. The van der Waals surface area contributed by atoms with Crippen LogP contribution in [0.4, 0.5) is 0 Å². The van der Waals surface area contributed by atoms with E-state index >= 15 is 0 Å². The lowest BCUT2D eigenvalue weighted by Crippen LogP contribution is -2.45. The fourth-order valence-corrected chi connectivity index (χ4v) is 6.98. The molecule has 1 saturated heterocycles. The number of benzene rings is 2. The molecule has 1 aliphatic rings. The van der Waals surface area contributed by atoms with Gasteiger partial charge in [0.05, 0.1) is 6.10 Å². The molecule has 2 aromatic carbocycles. The van der Waals surface area contributed by atoms with E-state index in [2.05, 4.69) is 81.4 Å². The second kappa shape index (κ2) is 6.31. The lowest BCUT2D eigenvalue weighted by atomic mass is 9.80. The first-order valence-corrected chi connectivity index (χ1v) is 9.85. The fraction of sp³-hybridized carbons (Fsp3) is 0.368. The lowest BCUT2D eigenvalue weighted by molar-refractivity contribution is 0.0249. The quantitative estimate of drug-likeness (QED) is 0.684. The largest absolute Gasteiger partial charge is 0.375 e. The highest BCUT2D eigenvalue weighted by Gasteiger charge is 2.57. The molecule has 1 unspecified atom stereocenters. The van der Waals surface area contributed by atoms with E-state index in [0.717, 1.165) is 6.61 Å². The van der Waals surface area contributed by atoms with E-state index in [9.17, 15) is 0 Å². The monoisotopic (exact) mass is 330 g/mol. The summed E-state index contributed by atoms with van der Waals surface area (Å²) in [6.07, 6.45) is 0.129. The minimum Gasteiger partial charge on any atom is -0.375 e. The molecule has 0 amide bonds. The molecule has 1 aliphatic heterocycles. The van der Waals surface area contributed by atoms with E-state index in [1.165, 1.54) is 11.1 Å². The topological polar surface area (TPSA) is 9.23 Å². The summed E-state index contributed by atoms with van der Waals surface area (Å²) in [5.41, 5.74) is 2.64. The smallest absolute Gasteiger partial charge is 0.104 e. The van der Waals surface area contributed by atoms with E-state index in [-0.39, 0.29) is 15.6 Å². The predicted molar refractivity (Wildman–Crippen MR) is 98.3 cm³/mol. The van der Waals surface area contributed by atoms with Crippen LogP contribution < -0.4 is 0 Å². The van der Waals surface area contributed by atoms with Gasteiger partial charge in [0.25, 0.3) is 0 Å². The average Bonchev–Trinajstić information content (AvgIpc) is 2.82.